The Hall–Kier alpha value is -3.19. The van der Waals surface area contributed by atoms with E-state index in [1.165, 1.54) is 4.90 Å². The number of anilines is 1. The van der Waals surface area contributed by atoms with Gasteiger partial charge in [0.25, 0.3) is 5.91 Å². The lowest BCUT2D eigenvalue weighted by Crippen LogP contribution is -2.54. The molecule has 0 aromatic heterocycles. The molecule has 0 bridgehead atoms. The molecule has 182 valence electrons. The highest BCUT2D eigenvalue weighted by Gasteiger charge is 2.77. The zero-order valence-corrected chi connectivity index (χ0v) is 21.0. The van der Waals surface area contributed by atoms with Crippen LogP contribution < -0.4 is 4.90 Å². The summed E-state index contributed by atoms with van der Waals surface area (Å²) < 4.78 is 0. The molecule has 0 aliphatic carbocycles. The van der Waals surface area contributed by atoms with Gasteiger partial charge >= 0.3 is 6.03 Å². The van der Waals surface area contributed by atoms with Gasteiger partial charge in [0.15, 0.2) is 0 Å². The number of amides is 5. The largest absolute Gasteiger partial charge is 0.332 e. The number of aryl methyl sites for hydroxylation is 1. The first-order valence-corrected chi connectivity index (χ1v) is 12.4. The summed E-state index contributed by atoms with van der Waals surface area (Å²) in [5.41, 5.74) is 0.674. The maximum absolute atomic E-state index is 14.3. The summed E-state index contributed by atoms with van der Waals surface area (Å²) in [7, 11) is 0. The summed E-state index contributed by atoms with van der Waals surface area (Å²) in [6.07, 6.45) is 0.273. The number of hydrogen-bond donors (Lipinski definition) is 0. The maximum Gasteiger partial charge on any atom is 0.332 e. The summed E-state index contributed by atoms with van der Waals surface area (Å²) in [5.74, 6) is -2.92. The van der Waals surface area contributed by atoms with Gasteiger partial charge in [0.05, 0.1) is 23.6 Å². The van der Waals surface area contributed by atoms with E-state index in [1.54, 1.807) is 36.1 Å². The number of halogens is 1. The summed E-state index contributed by atoms with van der Waals surface area (Å²) in [5, 5.41) is 0.394. The number of rotatable bonds is 5. The van der Waals surface area contributed by atoms with Crippen molar-refractivity contribution in [3.05, 3.63) is 64.7 Å². The highest BCUT2D eigenvalue weighted by atomic mass is 35.5. The van der Waals surface area contributed by atoms with Gasteiger partial charge in [-0.1, -0.05) is 61.3 Å². The second-order valence-electron chi connectivity index (χ2n) is 10.1. The Morgan fingerprint density at radius 1 is 1.00 bits per heavy atom. The molecule has 4 atom stereocenters. The molecule has 7 nitrogen and oxygen atoms in total. The molecule has 3 aliphatic rings. The Morgan fingerprint density at radius 2 is 1.69 bits per heavy atom. The van der Waals surface area contributed by atoms with Crippen LogP contribution in [0.3, 0.4) is 0 Å². The number of hydrogen-bond acceptors (Lipinski definition) is 4. The molecule has 0 radical (unpaired) electrons. The number of carbonyl (C=O) groups is 4. The molecule has 0 spiro atoms. The van der Waals surface area contributed by atoms with Crippen molar-refractivity contribution >= 4 is 41.0 Å². The lowest BCUT2D eigenvalue weighted by atomic mass is 9.74. The molecule has 0 saturated carbocycles. The predicted molar refractivity (Wildman–Crippen MR) is 132 cm³/mol. The minimum Gasteiger partial charge on any atom is -0.300 e. The van der Waals surface area contributed by atoms with Crippen molar-refractivity contribution in [2.75, 3.05) is 11.4 Å². The van der Waals surface area contributed by atoms with Crippen LogP contribution in [0, 0.1) is 24.7 Å². The average Bonchev–Trinajstić information content (AvgIpc) is 3.31. The number of urea groups is 1. The zero-order chi connectivity index (χ0) is 25.2. The van der Waals surface area contributed by atoms with E-state index in [2.05, 4.69) is 0 Å². The van der Waals surface area contributed by atoms with Crippen LogP contribution in [0.2, 0.25) is 5.02 Å². The molecule has 0 N–H and O–H groups in total. The average molecular weight is 494 g/mol. The molecule has 0 unspecified atom stereocenters. The third-order valence-corrected chi connectivity index (χ3v) is 7.73. The van der Waals surface area contributed by atoms with E-state index in [0.29, 0.717) is 10.7 Å². The topological polar surface area (TPSA) is 78.0 Å². The number of fused-ring (bicyclic) bond motifs is 3. The third kappa shape index (κ3) is 3.17. The molecular weight excluding hydrogens is 466 g/mol. The molecular formula is C27H28ClN3O4. The first-order chi connectivity index (χ1) is 16.6. The number of imide groups is 2. The first-order valence-electron chi connectivity index (χ1n) is 12.0. The van der Waals surface area contributed by atoms with Crippen molar-refractivity contribution in [1.29, 1.82) is 0 Å². The fourth-order valence-electron chi connectivity index (χ4n) is 6.25. The smallest absolute Gasteiger partial charge is 0.300 e. The van der Waals surface area contributed by atoms with Crippen LogP contribution in [0.15, 0.2) is 48.5 Å². The quantitative estimate of drug-likeness (QED) is 0.451. The van der Waals surface area contributed by atoms with Gasteiger partial charge in [-0.2, -0.15) is 0 Å². The summed E-state index contributed by atoms with van der Waals surface area (Å²) >= 11 is 6.20. The van der Waals surface area contributed by atoms with Crippen LogP contribution in [0.25, 0.3) is 0 Å². The van der Waals surface area contributed by atoms with Crippen LogP contribution in [-0.2, 0) is 14.4 Å². The Bertz CT molecular complexity index is 1240. The van der Waals surface area contributed by atoms with Crippen LogP contribution in [0.1, 0.15) is 44.4 Å². The van der Waals surface area contributed by atoms with E-state index in [0.717, 1.165) is 16.0 Å². The van der Waals surface area contributed by atoms with Gasteiger partial charge in [-0.05, 0) is 49.9 Å². The first kappa shape index (κ1) is 23.5. The number of likely N-dealkylation sites (tertiary alicyclic amines) is 1. The van der Waals surface area contributed by atoms with E-state index in [-0.39, 0.29) is 30.7 Å². The SMILES string of the molecule is CCN1C(=O)[C@H]2[C@@H](c3ccc(C)cc3)N3C(=O)N(c4cccc(Cl)c4)C(=O)[C@@]3(CC(C)C)[C@H]2C1=O. The van der Waals surface area contributed by atoms with Crippen molar-refractivity contribution in [2.45, 2.75) is 45.7 Å². The number of carbonyl (C=O) groups excluding carboxylic acids is 4. The van der Waals surface area contributed by atoms with Crippen LogP contribution >= 0.6 is 11.6 Å². The van der Waals surface area contributed by atoms with Crippen molar-refractivity contribution in [1.82, 2.24) is 9.80 Å². The van der Waals surface area contributed by atoms with E-state index in [4.69, 9.17) is 11.6 Å². The van der Waals surface area contributed by atoms with Gasteiger partial charge in [0, 0.05) is 11.6 Å². The minimum absolute atomic E-state index is 0.00967. The molecule has 8 heteroatoms. The Kier molecular flexibility index (Phi) is 5.51. The van der Waals surface area contributed by atoms with Crippen LogP contribution in [0.4, 0.5) is 10.5 Å². The van der Waals surface area contributed by atoms with Gasteiger partial charge < -0.3 is 4.90 Å². The summed E-state index contributed by atoms with van der Waals surface area (Å²) in [6.45, 7) is 7.85. The van der Waals surface area contributed by atoms with Gasteiger partial charge in [0.2, 0.25) is 11.8 Å². The third-order valence-electron chi connectivity index (χ3n) is 7.50. The predicted octanol–water partition coefficient (Wildman–Crippen LogP) is 4.58. The molecule has 5 rings (SSSR count). The monoisotopic (exact) mass is 493 g/mol. The van der Waals surface area contributed by atoms with Crippen molar-refractivity contribution in [2.24, 2.45) is 17.8 Å². The van der Waals surface area contributed by atoms with E-state index in [1.807, 2.05) is 45.0 Å². The van der Waals surface area contributed by atoms with E-state index < -0.39 is 35.4 Å². The van der Waals surface area contributed by atoms with Crippen LogP contribution in [0.5, 0.6) is 0 Å². The van der Waals surface area contributed by atoms with Crippen molar-refractivity contribution in [3.63, 3.8) is 0 Å². The van der Waals surface area contributed by atoms with Crippen molar-refractivity contribution < 1.29 is 19.2 Å². The maximum atomic E-state index is 14.3. The highest BCUT2D eigenvalue weighted by molar-refractivity contribution is 6.32. The van der Waals surface area contributed by atoms with Gasteiger partial charge in [-0.15, -0.1) is 0 Å². The van der Waals surface area contributed by atoms with E-state index >= 15 is 0 Å². The molecule has 2 aromatic rings. The van der Waals surface area contributed by atoms with Crippen molar-refractivity contribution in [3.8, 4) is 0 Å². The second-order valence-corrected chi connectivity index (χ2v) is 10.5. The van der Waals surface area contributed by atoms with Gasteiger partial charge in [-0.3, -0.25) is 19.3 Å². The summed E-state index contributed by atoms with van der Waals surface area (Å²) in [6, 6.07) is 12.9. The Labute approximate surface area is 209 Å². The Morgan fingerprint density at radius 3 is 2.29 bits per heavy atom. The lowest BCUT2D eigenvalue weighted by molar-refractivity contribution is -0.144. The van der Waals surface area contributed by atoms with E-state index in [9.17, 15) is 19.2 Å². The van der Waals surface area contributed by atoms with Crippen LogP contribution in [-0.4, -0.2) is 45.6 Å². The molecule has 3 saturated heterocycles. The van der Waals surface area contributed by atoms with Gasteiger partial charge in [-0.25, -0.2) is 9.69 Å². The fraction of sp³-hybridized carbons (Fsp3) is 0.407. The summed E-state index contributed by atoms with van der Waals surface area (Å²) in [4.78, 5) is 59.6. The van der Waals surface area contributed by atoms with Gasteiger partial charge in [0.1, 0.15) is 5.54 Å². The second kappa shape index (κ2) is 8.19. The molecule has 3 fully saturated rings. The molecule has 2 aromatic carbocycles. The lowest BCUT2D eigenvalue weighted by Gasteiger charge is -2.36. The molecule has 3 heterocycles. The standard InChI is InChI=1S/C27H28ClN3O4/c1-5-29-23(32)20-21(24(29)33)27(14-15(2)3)25(34)30(19-8-6-7-18(28)13-19)26(35)31(27)22(20)17-11-9-16(4)10-12-17/h6-13,15,20-22H,5,14H2,1-4H3/t20-,21-,22-,27-/m1/s1. The Balaban J connectivity index is 1.77. The minimum atomic E-state index is -1.45. The normalized spacial score (nSPS) is 27.9. The molecule has 35 heavy (non-hydrogen) atoms. The molecule has 5 amide bonds. The number of nitrogens with zero attached hydrogens (tertiary/aromatic N) is 3. The molecule has 3 aliphatic heterocycles. The number of benzene rings is 2. The zero-order valence-electron chi connectivity index (χ0n) is 20.2. The fourth-order valence-corrected chi connectivity index (χ4v) is 6.44. The highest BCUT2D eigenvalue weighted by Crippen LogP contribution is 2.60.